The van der Waals surface area contributed by atoms with Crippen molar-refractivity contribution in [1.82, 2.24) is 15.0 Å². The van der Waals surface area contributed by atoms with E-state index in [1.54, 1.807) is 31.0 Å². The lowest BCUT2D eigenvalue weighted by atomic mass is 9.98. The second-order valence-corrected chi connectivity index (χ2v) is 6.24. The number of hydrogen-bond donors (Lipinski definition) is 0. The van der Waals surface area contributed by atoms with Crippen LogP contribution in [0.25, 0.3) is 0 Å². The maximum Gasteiger partial charge on any atom is 0.253 e. The van der Waals surface area contributed by atoms with Crippen molar-refractivity contribution >= 4 is 5.91 Å². The van der Waals surface area contributed by atoms with Crippen LogP contribution >= 0.6 is 0 Å². The molecular weight excluding hydrogens is 333 g/mol. The monoisotopic (exact) mass is 353 g/mol. The number of rotatable bonds is 6. The molecule has 134 valence electrons. The molecule has 0 unspecified atom stereocenters. The number of nitrogens with zero attached hydrogens (tertiary/aromatic N) is 3. The minimum absolute atomic E-state index is 0.0864. The first kappa shape index (κ1) is 17.8. The summed E-state index contributed by atoms with van der Waals surface area (Å²) in [6.07, 6.45) is 2.29. The van der Waals surface area contributed by atoms with Crippen LogP contribution in [-0.2, 0) is 12.8 Å². The zero-order chi connectivity index (χ0) is 18.5. The van der Waals surface area contributed by atoms with E-state index >= 15 is 0 Å². The fourth-order valence-electron chi connectivity index (χ4n) is 2.73. The van der Waals surface area contributed by atoms with Crippen LogP contribution in [-0.4, -0.2) is 34.5 Å². The molecule has 0 aliphatic rings. The lowest BCUT2D eigenvalue weighted by Crippen LogP contribution is -2.29. The van der Waals surface area contributed by atoms with Crippen molar-refractivity contribution in [1.29, 1.82) is 0 Å². The van der Waals surface area contributed by atoms with Gasteiger partial charge in [0.2, 0.25) is 6.39 Å². The van der Waals surface area contributed by atoms with Crippen molar-refractivity contribution in [3.8, 4) is 0 Å². The van der Waals surface area contributed by atoms with Crippen LogP contribution in [0.2, 0.25) is 0 Å². The van der Waals surface area contributed by atoms with Gasteiger partial charge in [0.15, 0.2) is 5.82 Å². The van der Waals surface area contributed by atoms with Gasteiger partial charge in [0.25, 0.3) is 5.91 Å². The SMILES string of the molecule is Cc1ccc(Cc2ccccc2C(=O)N(C)CCc2ncon2)cc1F. The Morgan fingerprint density at radius 2 is 2.04 bits per heavy atom. The Bertz CT molecular complexity index is 894. The third-order valence-corrected chi connectivity index (χ3v) is 4.30. The van der Waals surface area contributed by atoms with Gasteiger partial charge in [-0.15, -0.1) is 0 Å². The molecule has 0 N–H and O–H groups in total. The van der Waals surface area contributed by atoms with Gasteiger partial charge in [-0.25, -0.2) is 4.39 Å². The third-order valence-electron chi connectivity index (χ3n) is 4.30. The van der Waals surface area contributed by atoms with E-state index in [0.717, 1.165) is 11.1 Å². The first-order valence-corrected chi connectivity index (χ1v) is 8.38. The molecule has 0 atom stereocenters. The van der Waals surface area contributed by atoms with Gasteiger partial charge in [0.1, 0.15) is 5.82 Å². The van der Waals surface area contributed by atoms with Gasteiger partial charge in [-0.3, -0.25) is 4.79 Å². The molecule has 0 radical (unpaired) electrons. The molecule has 0 saturated carbocycles. The van der Waals surface area contributed by atoms with E-state index in [-0.39, 0.29) is 11.7 Å². The molecule has 0 bridgehead atoms. The van der Waals surface area contributed by atoms with Crippen molar-refractivity contribution in [3.05, 3.63) is 82.8 Å². The predicted octanol–water partition coefficient (Wildman–Crippen LogP) is 3.42. The van der Waals surface area contributed by atoms with Crippen LogP contribution in [0, 0.1) is 12.7 Å². The fourth-order valence-corrected chi connectivity index (χ4v) is 2.73. The average molecular weight is 353 g/mol. The van der Waals surface area contributed by atoms with Gasteiger partial charge in [-0.05, 0) is 42.2 Å². The standard InChI is InChI=1S/C20H20FN3O2/c1-14-7-8-15(12-18(14)21)11-16-5-3-4-6-17(16)20(25)24(2)10-9-19-22-13-26-23-19/h3-8,12-13H,9-11H2,1-2H3. The lowest BCUT2D eigenvalue weighted by molar-refractivity contribution is 0.0795. The summed E-state index contributed by atoms with van der Waals surface area (Å²) < 4.78 is 18.5. The summed E-state index contributed by atoms with van der Waals surface area (Å²) in [5.41, 5.74) is 2.93. The highest BCUT2D eigenvalue weighted by molar-refractivity contribution is 5.95. The molecule has 0 fully saturated rings. The Hall–Kier alpha value is -3.02. The molecular formula is C20H20FN3O2. The van der Waals surface area contributed by atoms with E-state index in [1.165, 1.54) is 12.5 Å². The van der Waals surface area contributed by atoms with Crippen LogP contribution in [0.1, 0.15) is 32.9 Å². The predicted molar refractivity (Wildman–Crippen MR) is 95.3 cm³/mol. The molecule has 1 amide bonds. The first-order valence-electron chi connectivity index (χ1n) is 8.38. The molecule has 0 aliphatic carbocycles. The zero-order valence-electron chi connectivity index (χ0n) is 14.8. The number of aromatic nitrogens is 2. The van der Waals surface area contributed by atoms with Gasteiger partial charge in [-0.1, -0.05) is 35.5 Å². The van der Waals surface area contributed by atoms with Crippen molar-refractivity contribution in [3.63, 3.8) is 0 Å². The topological polar surface area (TPSA) is 59.2 Å². The van der Waals surface area contributed by atoms with E-state index in [9.17, 15) is 9.18 Å². The Morgan fingerprint density at radius 1 is 1.23 bits per heavy atom. The van der Waals surface area contributed by atoms with Crippen molar-refractivity contribution in [2.45, 2.75) is 19.8 Å². The Morgan fingerprint density at radius 3 is 2.77 bits per heavy atom. The van der Waals surface area contributed by atoms with Gasteiger partial charge in [0, 0.05) is 25.6 Å². The number of carbonyl (C=O) groups is 1. The number of hydrogen-bond acceptors (Lipinski definition) is 4. The van der Waals surface area contributed by atoms with Crippen molar-refractivity contribution in [2.24, 2.45) is 0 Å². The maximum absolute atomic E-state index is 13.8. The number of halogens is 1. The van der Waals surface area contributed by atoms with Crippen LogP contribution in [0.4, 0.5) is 4.39 Å². The van der Waals surface area contributed by atoms with Gasteiger partial charge in [0.05, 0.1) is 0 Å². The quantitative estimate of drug-likeness (QED) is 0.681. The minimum Gasteiger partial charge on any atom is -0.343 e. The minimum atomic E-state index is -0.233. The Balaban J connectivity index is 1.74. The van der Waals surface area contributed by atoms with Crippen LogP contribution in [0.5, 0.6) is 0 Å². The molecule has 0 saturated heterocycles. The molecule has 1 aromatic heterocycles. The summed E-state index contributed by atoms with van der Waals surface area (Å²) in [6, 6.07) is 12.6. The fraction of sp³-hybridized carbons (Fsp3) is 0.250. The second-order valence-electron chi connectivity index (χ2n) is 6.24. The molecule has 0 spiro atoms. The van der Waals surface area contributed by atoms with Gasteiger partial charge >= 0.3 is 0 Å². The first-order chi connectivity index (χ1) is 12.5. The summed E-state index contributed by atoms with van der Waals surface area (Å²) >= 11 is 0. The van der Waals surface area contributed by atoms with E-state index in [0.29, 0.717) is 36.3 Å². The molecule has 6 heteroatoms. The van der Waals surface area contributed by atoms with Crippen molar-refractivity contribution < 1.29 is 13.7 Å². The van der Waals surface area contributed by atoms with E-state index < -0.39 is 0 Å². The van der Waals surface area contributed by atoms with Gasteiger partial charge in [-0.2, -0.15) is 4.98 Å². The Labute approximate surface area is 151 Å². The number of likely N-dealkylation sites (N-methyl/N-ethyl adjacent to an activating group) is 1. The van der Waals surface area contributed by atoms with Crippen LogP contribution in [0.15, 0.2) is 53.4 Å². The highest BCUT2D eigenvalue weighted by Crippen LogP contribution is 2.18. The van der Waals surface area contributed by atoms with Crippen molar-refractivity contribution in [2.75, 3.05) is 13.6 Å². The summed E-state index contributed by atoms with van der Waals surface area (Å²) in [7, 11) is 1.74. The third kappa shape index (κ3) is 4.14. The van der Waals surface area contributed by atoms with E-state index in [1.807, 2.05) is 24.3 Å². The highest BCUT2D eigenvalue weighted by Gasteiger charge is 2.16. The van der Waals surface area contributed by atoms with Crippen LogP contribution < -0.4 is 0 Å². The summed E-state index contributed by atoms with van der Waals surface area (Å²) in [6.45, 7) is 2.21. The molecule has 1 heterocycles. The molecule has 0 aliphatic heterocycles. The van der Waals surface area contributed by atoms with Crippen LogP contribution in [0.3, 0.4) is 0 Å². The van der Waals surface area contributed by atoms with Gasteiger partial charge < -0.3 is 9.42 Å². The number of benzene rings is 2. The highest BCUT2D eigenvalue weighted by atomic mass is 19.1. The molecule has 26 heavy (non-hydrogen) atoms. The van der Waals surface area contributed by atoms with E-state index in [4.69, 9.17) is 4.52 Å². The summed E-state index contributed by atoms with van der Waals surface area (Å²) in [4.78, 5) is 18.4. The molecule has 3 aromatic rings. The average Bonchev–Trinajstić information content (AvgIpc) is 3.16. The maximum atomic E-state index is 13.8. The molecule has 5 nitrogen and oxygen atoms in total. The Kier molecular flexibility index (Phi) is 5.41. The smallest absolute Gasteiger partial charge is 0.253 e. The summed E-state index contributed by atoms with van der Waals surface area (Å²) in [5.74, 6) is 0.244. The zero-order valence-corrected chi connectivity index (χ0v) is 14.8. The number of aryl methyl sites for hydroxylation is 1. The summed E-state index contributed by atoms with van der Waals surface area (Å²) in [5, 5.41) is 3.75. The largest absolute Gasteiger partial charge is 0.343 e. The van der Waals surface area contributed by atoms with E-state index in [2.05, 4.69) is 10.1 Å². The molecule has 2 aromatic carbocycles. The second kappa shape index (κ2) is 7.91. The normalized spacial score (nSPS) is 10.7. The number of amides is 1. The number of carbonyl (C=O) groups excluding carboxylic acids is 1. The lowest BCUT2D eigenvalue weighted by Gasteiger charge is -2.18. The molecule has 3 rings (SSSR count).